The zero-order valence-corrected chi connectivity index (χ0v) is 9.64. The van der Waals surface area contributed by atoms with Crippen molar-refractivity contribution in [1.29, 1.82) is 0 Å². The van der Waals surface area contributed by atoms with Gasteiger partial charge in [0.2, 0.25) is 0 Å². The average molecular weight is 267 g/mol. The third-order valence-corrected chi connectivity index (χ3v) is 2.66. The Morgan fingerprint density at radius 3 is 2.69 bits per heavy atom. The minimum absolute atomic E-state index is 0. The number of aromatic nitrogens is 2. The molecular formula is C8H13BrClN3. The van der Waals surface area contributed by atoms with Crippen LogP contribution in [0.1, 0.15) is 18.9 Å². The lowest BCUT2D eigenvalue weighted by Crippen LogP contribution is -2.29. The minimum atomic E-state index is 0. The van der Waals surface area contributed by atoms with Gasteiger partial charge < -0.3 is 5.32 Å². The molecule has 74 valence electrons. The van der Waals surface area contributed by atoms with E-state index in [0.29, 0.717) is 6.04 Å². The van der Waals surface area contributed by atoms with E-state index >= 15 is 0 Å². The first-order chi connectivity index (χ1) is 5.86. The maximum atomic E-state index is 4.28. The molecule has 1 fully saturated rings. The molecule has 0 spiro atoms. The number of nitrogens with zero attached hydrogens (tertiary/aromatic N) is 2. The van der Waals surface area contributed by atoms with Crippen LogP contribution in [0, 0.1) is 0 Å². The lowest BCUT2D eigenvalue weighted by Gasteiger charge is -2.22. The van der Waals surface area contributed by atoms with E-state index in [0.717, 1.165) is 17.6 Å². The van der Waals surface area contributed by atoms with E-state index < -0.39 is 0 Å². The molecule has 5 heteroatoms. The molecule has 0 saturated carbocycles. The van der Waals surface area contributed by atoms with Crippen LogP contribution in [0.15, 0.2) is 16.9 Å². The molecule has 1 aliphatic heterocycles. The Balaban J connectivity index is 0.000000845. The summed E-state index contributed by atoms with van der Waals surface area (Å²) < 4.78 is 3.13. The Bertz CT molecular complexity index is 258. The lowest BCUT2D eigenvalue weighted by atomic mass is 10.1. The smallest absolute Gasteiger partial charge is 0.0632 e. The second kappa shape index (κ2) is 4.98. The van der Waals surface area contributed by atoms with Gasteiger partial charge in [-0.05, 0) is 41.9 Å². The first kappa shape index (κ1) is 11.0. The van der Waals surface area contributed by atoms with Crippen LogP contribution in [-0.4, -0.2) is 22.9 Å². The van der Waals surface area contributed by atoms with Crippen LogP contribution in [0.25, 0.3) is 0 Å². The summed E-state index contributed by atoms with van der Waals surface area (Å²) in [6, 6.07) is 0.595. The van der Waals surface area contributed by atoms with Crippen molar-refractivity contribution in [3.05, 3.63) is 16.9 Å². The predicted octanol–water partition coefficient (Wildman–Crippen LogP) is 1.99. The number of nitrogens with one attached hydrogen (secondary N) is 1. The van der Waals surface area contributed by atoms with Gasteiger partial charge in [-0.25, -0.2) is 0 Å². The van der Waals surface area contributed by atoms with Gasteiger partial charge >= 0.3 is 0 Å². The fourth-order valence-corrected chi connectivity index (χ4v) is 1.89. The third-order valence-electron chi connectivity index (χ3n) is 2.25. The number of halogens is 2. The topological polar surface area (TPSA) is 29.9 Å². The Morgan fingerprint density at radius 2 is 2.15 bits per heavy atom. The molecule has 0 aliphatic carbocycles. The van der Waals surface area contributed by atoms with E-state index in [1.165, 1.54) is 12.8 Å². The summed E-state index contributed by atoms with van der Waals surface area (Å²) in [5, 5.41) is 7.62. The highest BCUT2D eigenvalue weighted by molar-refractivity contribution is 9.10. The van der Waals surface area contributed by atoms with Gasteiger partial charge in [0.05, 0.1) is 16.7 Å². The zero-order chi connectivity index (χ0) is 8.39. The summed E-state index contributed by atoms with van der Waals surface area (Å²) in [4.78, 5) is 0. The van der Waals surface area contributed by atoms with Crippen molar-refractivity contribution in [3.63, 3.8) is 0 Å². The molecule has 2 rings (SSSR count). The van der Waals surface area contributed by atoms with Crippen LogP contribution in [0.4, 0.5) is 0 Å². The Labute approximate surface area is 92.4 Å². The first-order valence-corrected chi connectivity index (χ1v) is 5.06. The molecule has 0 amide bonds. The number of piperidine rings is 1. The summed E-state index contributed by atoms with van der Waals surface area (Å²) in [7, 11) is 0. The predicted molar refractivity (Wildman–Crippen MR) is 58.3 cm³/mol. The Morgan fingerprint density at radius 1 is 1.46 bits per heavy atom. The van der Waals surface area contributed by atoms with Gasteiger partial charge in [0.25, 0.3) is 0 Å². The van der Waals surface area contributed by atoms with Crippen molar-refractivity contribution in [2.45, 2.75) is 18.9 Å². The summed E-state index contributed by atoms with van der Waals surface area (Å²) >= 11 is 3.40. The van der Waals surface area contributed by atoms with E-state index in [1.807, 2.05) is 6.20 Å². The summed E-state index contributed by atoms with van der Waals surface area (Å²) in [5.41, 5.74) is 0. The van der Waals surface area contributed by atoms with Crippen molar-refractivity contribution in [1.82, 2.24) is 15.1 Å². The highest BCUT2D eigenvalue weighted by Crippen LogP contribution is 2.19. The van der Waals surface area contributed by atoms with Gasteiger partial charge in [-0.15, -0.1) is 12.4 Å². The van der Waals surface area contributed by atoms with E-state index in [1.54, 1.807) is 0 Å². The van der Waals surface area contributed by atoms with Crippen molar-refractivity contribution in [2.75, 3.05) is 13.1 Å². The molecule has 1 aliphatic rings. The standard InChI is InChI=1S/C8H12BrN3.ClH/c9-7-5-11-12(6-7)8-1-3-10-4-2-8;/h5-6,8,10H,1-4H2;1H. The molecule has 1 saturated heterocycles. The van der Waals surface area contributed by atoms with Crippen molar-refractivity contribution < 1.29 is 0 Å². The molecule has 0 bridgehead atoms. The largest absolute Gasteiger partial charge is 0.317 e. The quantitative estimate of drug-likeness (QED) is 0.842. The van der Waals surface area contributed by atoms with Crippen LogP contribution in [0.3, 0.4) is 0 Å². The molecule has 0 radical (unpaired) electrons. The molecule has 3 nitrogen and oxygen atoms in total. The van der Waals surface area contributed by atoms with E-state index in [4.69, 9.17) is 0 Å². The highest BCUT2D eigenvalue weighted by Gasteiger charge is 2.14. The first-order valence-electron chi connectivity index (χ1n) is 4.26. The molecule has 0 aromatic carbocycles. The molecule has 2 heterocycles. The van der Waals surface area contributed by atoms with Crippen LogP contribution in [0.5, 0.6) is 0 Å². The Kier molecular flexibility index (Phi) is 4.22. The van der Waals surface area contributed by atoms with Crippen LogP contribution >= 0.6 is 28.3 Å². The Hall–Kier alpha value is -0.0600. The molecule has 0 atom stereocenters. The normalized spacial score (nSPS) is 18.2. The lowest BCUT2D eigenvalue weighted by molar-refractivity contribution is 0.343. The number of rotatable bonds is 1. The molecule has 1 aromatic heterocycles. The number of hydrogen-bond acceptors (Lipinski definition) is 2. The maximum absolute atomic E-state index is 4.28. The molecular weight excluding hydrogens is 253 g/mol. The van der Waals surface area contributed by atoms with Crippen molar-refractivity contribution in [2.24, 2.45) is 0 Å². The fraction of sp³-hybridized carbons (Fsp3) is 0.625. The van der Waals surface area contributed by atoms with E-state index in [-0.39, 0.29) is 12.4 Å². The molecule has 0 unspecified atom stereocenters. The highest BCUT2D eigenvalue weighted by atomic mass is 79.9. The SMILES string of the molecule is Brc1cnn(C2CCNCC2)c1.Cl. The van der Waals surface area contributed by atoms with Crippen molar-refractivity contribution in [3.8, 4) is 0 Å². The van der Waals surface area contributed by atoms with Gasteiger partial charge in [0.1, 0.15) is 0 Å². The minimum Gasteiger partial charge on any atom is -0.317 e. The fourth-order valence-electron chi connectivity index (χ4n) is 1.59. The van der Waals surface area contributed by atoms with Gasteiger partial charge in [-0.3, -0.25) is 4.68 Å². The summed E-state index contributed by atoms with van der Waals surface area (Å²) in [6.45, 7) is 2.23. The second-order valence-electron chi connectivity index (χ2n) is 3.12. The van der Waals surface area contributed by atoms with Crippen molar-refractivity contribution >= 4 is 28.3 Å². The van der Waals surface area contributed by atoms with Gasteiger partial charge in [0, 0.05) is 6.20 Å². The monoisotopic (exact) mass is 265 g/mol. The van der Waals surface area contributed by atoms with Crippen LogP contribution in [0.2, 0.25) is 0 Å². The van der Waals surface area contributed by atoms with Gasteiger partial charge in [-0.2, -0.15) is 5.10 Å². The zero-order valence-electron chi connectivity index (χ0n) is 7.24. The number of hydrogen-bond donors (Lipinski definition) is 1. The summed E-state index contributed by atoms with van der Waals surface area (Å²) in [5.74, 6) is 0. The third kappa shape index (κ3) is 2.69. The molecule has 1 N–H and O–H groups in total. The van der Waals surface area contributed by atoms with Gasteiger partial charge in [-0.1, -0.05) is 0 Å². The second-order valence-corrected chi connectivity index (χ2v) is 4.04. The summed E-state index contributed by atoms with van der Waals surface area (Å²) in [6.07, 6.45) is 6.28. The maximum Gasteiger partial charge on any atom is 0.0632 e. The van der Waals surface area contributed by atoms with Crippen LogP contribution in [-0.2, 0) is 0 Å². The van der Waals surface area contributed by atoms with E-state index in [9.17, 15) is 0 Å². The molecule has 1 aromatic rings. The average Bonchev–Trinajstić information content (AvgIpc) is 2.54. The molecule has 13 heavy (non-hydrogen) atoms. The van der Waals surface area contributed by atoms with Crippen LogP contribution < -0.4 is 5.32 Å². The van der Waals surface area contributed by atoms with E-state index in [2.05, 4.69) is 37.2 Å². The van der Waals surface area contributed by atoms with Gasteiger partial charge in [0.15, 0.2) is 0 Å².